The molecule has 0 aromatic heterocycles. The van der Waals surface area contributed by atoms with Crippen LogP contribution in [0.3, 0.4) is 0 Å². The minimum Gasteiger partial charge on any atom is -0.490 e. The van der Waals surface area contributed by atoms with Crippen LogP contribution in [-0.4, -0.2) is 18.8 Å². The van der Waals surface area contributed by atoms with Crippen LogP contribution in [0.5, 0.6) is 5.75 Å². The molecule has 5 heteroatoms. The van der Waals surface area contributed by atoms with E-state index in [-0.39, 0.29) is 29.8 Å². The lowest BCUT2D eigenvalue weighted by Gasteiger charge is -2.44. The normalized spacial score (nSPS) is 32.7. The number of nitrogens with zero attached hydrogens (tertiary/aromatic N) is 1. The van der Waals surface area contributed by atoms with Gasteiger partial charge in [0.25, 0.3) is 0 Å². The fourth-order valence-corrected chi connectivity index (χ4v) is 3.04. The Kier molecular flexibility index (Phi) is 2.72. The van der Waals surface area contributed by atoms with Gasteiger partial charge < -0.3 is 9.47 Å². The molecule has 1 aromatic rings. The molecule has 1 aromatic carbocycles. The van der Waals surface area contributed by atoms with Crippen molar-refractivity contribution in [3.8, 4) is 11.8 Å². The lowest BCUT2D eigenvalue weighted by atomic mass is 9.72. The van der Waals surface area contributed by atoms with Gasteiger partial charge in [0.15, 0.2) is 17.2 Å². The topological polar surface area (TPSA) is 42.2 Å². The van der Waals surface area contributed by atoms with Gasteiger partial charge in [0.05, 0.1) is 12.7 Å². The number of benzene rings is 1. The summed E-state index contributed by atoms with van der Waals surface area (Å²) in [5, 5.41) is 9.26. The summed E-state index contributed by atoms with van der Waals surface area (Å²) < 4.78 is 38.6. The first-order chi connectivity index (χ1) is 9.07. The van der Waals surface area contributed by atoms with E-state index in [2.05, 4.69) is 6.07 Å². The number of ether oxygens (including phenoxy) is 2. The Balaban J connectivity index is 2.11. The fraction of sp³-hybridized carbons (Fsp3) is 0.500. The van der Waals surface area contributed by atoms with Gasteiger partial charge in [-0.25, -0.2) is 8.78 Å². The van der Waals surface area contributed by atoms with E-state index in [0.29, 0.717) is 13.0 Å². The molecule has 2 unspecified atom stereocenters. The van der Waals surface area contributed by atoms with Crippen molar-refractivity contribution in [3.63, 3.8) is 0 Å². The summed E-state index contributed by atoms with van der Waals surface area (Å²) >= 11 is 0. The highest BCUT2D eigenvalue weighted by Crippen LogP contribution is 2.48. The average Bonchev–Trinajstić information content (AvgIpc) is 2.42. The van der Waals surface area contributed by atoms with Crippen molar-refractivity contribution in [2.24, 2.45) is 5.92 Å². The Labute approximate surface area is 109 Å². The molecule has 3 rings (SSSR count). The minimum absolute atomic E-state index is 0.0107. The second-order valence-electron chi connectivity index (χ2n) is 5.15. The first-order valence-corrected chi connectivity index (χ1v) is 6.23. The molecule has 2 heterocycles. The zero-order valence-electron chi connectivity index (χ0n) is 10.5. The summed E-state index contributed by atoms with van der Waals surface area (Å²) in [6, 6.07) is 4.30. The maximum absolute atomic E-state index is 14.0. The van der Waals surface area contributed by atoms with Crippen LogP contribution >= 0.6 is 0 Å². The van der Waals surface area contributed by atoms with Gasteiger partial charge in [-0.15, -0.1) is 0 Å². The molecule has 19 heavy (non-hydrogen) atoms. The van der Waals surface area contributed by atoms with Crippen molar-refractivity contribution in [1.29, 1.82) is 5.26 Å². The zero-order chi connectivity index (χ0) is 13.6. The smallest absolute Gasteiger partial charge is 0.165 e. The summed E-state index contributed by atoms with van der Waals surface area (Å²) in [6.45, 7) is 2.21. The Morgan fingerprint density at radius 2 is 2.11 bits per heavy atom. The highest BCUT2D eigenvalue weighted by molar-refractivity contribution is 5.42. The maximum Gasteiger partial charge on any atom is 0.165 e. The van der Waals surface area contributed by atoms with E-state index < -0.39 is 17.2 Å². The summed E-state index contributed by atoms with van der Waals surface area (Å²) in [6.07, 6.45) is 0.568. The summed E-state index contributed by atoms with van der Waals surface area (Å²) in [7, 11) is 0. The molecule has 2 aliphatic heterocycles. The third kappa shape index (κ3) is 1.71. The van der Waals surface area contributed by atoms with Gasteiger partial charge in [-0.05, 0) is 25.5 Å². The van der Waals surface area contributed by atoms with E-state index in [1.807, 2.05) is 0 Å². The fourth-order valence-electron chi connectivity index (χ4n) is 3.04. The van der Waals surface area contributed by atoms with Crippen molar-refractivity contribution < 1.29 is 18.3 Å². The Morgan fingerprint density at radius 1 is 1.37 bits per heavy atom. The van der Waals surface area contributed by atoms with Crippen LogP contribution in [0, 0.1) is 28.9 Å². The summed E-state index contributed by atoms with van der Waals surface area (Å²) in [4.78, 5) is 0. The molecule has 100 valence electrons. The monoisotopic (exact) mass is 265 g/mol. The van der Waals surface area contributed by atoms with Crippen molar-refractivity contribution in [2.45, 2.75) is 24.9 Å². The number of rotatable bonds is 0. The highest BCUT2D eigenvalue weighted by atomic mass is 19.1. The van der Waals surface area contributed by atoms with Crippen molar-refractivity contribution in [2.75, 3.05) is 13.2 Å². The summed E-state index contributed by atoms with van der Waals surface area (Å²) in [5.41, 5.74) is -0.764. The van der Waals surface area contributed by atoms with Crippen molar-refractivity contribution >= 4 is 0 Å². The lowest BCUT2D eigenvalue weighted by Crippen LogP contribution is -2.49. The van der Waals surface area contributed by atoms with Crippen LogP contribution in [0.2, 0.25) is 0 Å². The highest BCUT2D eigenvalue weighted by Gasteiger charge is 2.49. The first kappa shape index (κ1) is 12.4. The van der Waals surface area contributed by atoms with Crippen LogP contribution in [0.1, 0.15) is 24.8 Å². The quantitative estimate of drug-likeness (QED) is 0.724. The third-order valence-electron chi connectivity index (χ3n) is 4.12. The van der Waals surface area contributed by atoms with Crippen LogP contribution in [-0.2, 0) is 4.74 Å². The SMILES string of the molecule is C[C@@]1(C#N)OCCC2c3c(F)ccc(F)c3OCC21. The van der Waals surface area contributed by atoms with Gasteiger partial charge in [0.2, 0.25) is 0 Å². The predicted octanol–water partition coefficient (Wildman–Crippen LogP) is 2.76. The van der Waals surface area contributed by atoms with Gasteiger partial charge in [0, 0.05) is 24.0 Å². The van der Waals surface area contributed by atoms with Crippen LogP contribution in [0.25, 0.3) is 0 Å². The molecule has 0 bridgehead atoms. The molecule has 0 radical (unpaired) electrons. The zero-order valence-corrected chi connectivity index (χ0v) is 10.5. The number of fused-ring (bicyclic) bond motifs is 3. The molecular weight excluding hydrogens is 252 g/mol. The Morgan fingerprint density at radius 3 is 2.84 bits per heavy atom. The molecule has 1 fully saturated rings. The predicted molar refractivity (Wildman–Crippen MR) is 62.7 cm³/mol. The van der Waals surface area contributed by atoms with E-state index in [1.54, 1.807) is 6.92 Å². The Bertz CT molecular complexity index is 569. The molecule has 3 nitrogen and oxygen atoms in total. The largest absolute Gasteiger partial charge is 0.490 e. The second kappa shape index (κ2) is 4.17. The number of hydrogen-bond acceptors (Lipinski definition) is 3. The van der Waals surface area contributed by atoms with E-state index >= 15 is 0 Å². The van der Waals surface area contributed by atoms with Gasteiger partial charge in [-0.3, -0.25) is 0 Å². The Hall–Kier alpha value is -1.67. The molecule has 3 atom stereocenters. The molecule has 2 aliphatic rings. The van der Waals surface area contributed by atoms with Gasteiger partial charge in [-0.1, -0.05) is 0 Å². The van der Waals surface area contributed by atoms with Gasteiger partial charge in [0.1, 0.15) is 5.82 Å². The maximum atomic E-state index is 14.0. The third-order valence-corrected chi connectivity index (χ3v) is 4.12. The van der Waals surface area contributed by atoms with E-state index in [1.165, 1.54) is 0 Å². The van der Waals surface area contributed by atoms with E-state index in [4.69, 9.17) is 9.47 Å². The van der Waals surface area contributed by atoms with Crippen molar-refractivity contribution in [3.05, 3.63) is 29.3 Å². The molecule has 1 saturated heterocycles. The van der Waals surface area contributed by atoms with Crippen molar-refractivity contribution in [1.82, 2.24) is 0 Å². The van der Waals surface area contributed by atoms with E-state index in [0.717, 1.165) is 12.1 Å². The van der Waals surface area contributed by atoms with Gasteiger partial charge in [-0.2, -0.15) is 5.26 Å². The molecule has 0 saturated carbocycles. The molecule has 0 amide bonds. The van der Waals surface area contributed by atoms with E-state index in [9.17, 15) is 14.0 Å². The average molecular weight is 265 g/mol. The van der Waals surface area contributed by atoms with Crippen LogP contribution < -0.4 is 4.74 Å². The molecule has 0 aliphatic carbocycles. The second-order valence-corrected chi connectivity index (χ2v) is 5.15. The van der Waals surface area contributed by atoms with Crippen LogP contribution in [0.15, 0.2) is 12.1 Å². The summed E-state index contributed by atoms with van der Waals surface area (Å²) in [5.74, 6) is -1.57. The minimum atomic E-state index is -1.01. The number of nitriles is 1. The number of halogens is 2. The number of hydrogen-bond donors (Lipinski definition) is 0. The van der Waals surface area contributed by atoms with Gasteiger partial charge >= 0.3 is 0 Å². The molecule has 0 N–H and O–H groups in total. The molecular formula is C14H13F2NO2. The lowest BCUT2D eigenvalue weighted by molar-refractivity contribution is -0.0966. The van der Waals surface area contributed by atoms with Crippen LogP contribution in [0.4, 0.5) is 8.78 Å². The molecule has 0 spiro atoms. The first-order valence-electron chi connectivity index (χ1n) is 6.23. The standard InChI is InChI=1S/C14H13F2NO2/c1-14(7-17)9-6-18-13-11(16)3-2-10(15)12(13)8(9)4-5-19-14/h2-3,8-9H,4-6H2,1H3/t8?,9?,14-/m0/s1.